The highest BCUT2D eigenvalue weighted by molar-refractivity contribution is 9.10. The maximum atomic E-state index is 5.50. The lowest BCUT2D eigenvalue weighted by Crippen LogP contribution is -2.44. The van der Waals surface area contributed by atoms with Crippen LogP contribution in [0.2, 0.25) is 0 Å². The van der Waals surface area contributed by atoms with Gasteiger partial charge < -0.3 is 19.7 Å². The van der Waals surface area contributed by atoms with Gasteiger partial charge in [-0.2, -0.15) is 0 Å². The van der Waals surface area contributed by atoms with Gasteiger partial charge in [0.1, 0.15) is 16.0 Å². The van der Waals surface area contributed by atoms with Gasteiger partial charge in [0, 0.05) is 32.7 Å². The number of methoxy groups -OCH3 is 2. The maximum Gasteiger partial charge on any atom is 0.140 e. The molecule has 0 atom stereocenters. The minimum absolute atomic E-state index is 0.808. The molecule has 5 heteroatoms. The summed E-state index contributed by atoms with van der Waals surface area (Å²) in [6, 6.07) is 4.07. The monoisotopic (exact) mass is 328 g/mol. The van der Waals surface area contributed by atoms with Crippen molar-refractivity contribution in [1.29, 1.82) is 0 Å². The largest absolute Gasteiger partial charge is 0.495 e. The van der Waals surface area contributed by atoms with Gasteiger partial charge in [-0.05, 0) is 34.0 Å². The van der Waals surface area contributed by atoms with Gasteiger partial charge in [-0.3, -0.25) is 0 Å². The number of hydrogen-bond acceptors (Lipinski definition) is 4. The molecule has 1 aromatic carbocycles. The minimum atomic E-state index is 0.808. The zero-order chi connectivity index (χ0) is 13.7. The lowest BCUT2D eigenvalue weighted by Gasteiger charge is -2.27. The van der Waals surface area contributed by atoms with Crippen LogP contribution in [0.3, 0.4) is 0 Å². The molecule has 0 saturated carbocycles. The van der Waals surface area contributed by atoms with E-state index in [4.69, 9.17) is 9.47 Å². The first-order chi connectivity index (χ1) is 9.26. The number of piperazine rings is 1. The zero-order valence-corrected chi connectivity index (χ0v) is 13.1. The van der Waals surface area contributed by atoms with Crippen molar-refractivity contribution >= 4 is 15.9 Å². The molecule has 0 aliphatic carbocycles. The molecule has 19 heavy (non-hydrogen) atoms. The molecule has 0 spiro atoms. The van der Waals surface area contributed by atoms with Crippen molar-refractivity contribution in [3.8, 4) is 11.5 Å². The summed E-state index contributed by atoms with van der Waals surface area (Å²) in [6.45, 7) is 5.49. The number of rotatable bonds is 5. The van der Waals surface area contributed by atoms with E-state index in [2.05, 4.69) is 32.2 Å². The van der Waals surface area contributed by atoms with Crippen LogP contribution in [0.1, 0.15) is 5.56 Å². The topological polar surface area (TPSA) is 33.7 Å². The molecular formula is C14H21BrN2O2. The fourth-order valence-electron chi connectivity index (χ4n) is 2.37. The Balaban J connectivity index is 2.04. The van der Waals surface area contributed by atoms with Crippen LogP contribution in [0.25, 0.3) is 0 Å². The van der Waals surface area contributed by atoms with E-state index >= 15 is 0 Å². The molecule has 2 rings (SSSR count). The highest BCUT2D eigenvalue weighted by Crippen LogP contribution is 2.37. The lowest BCUT2D eigenvalue weighted by molar-refractivity contribution is 0.243. The Morgan fingerprint density at radius 1 is 1.21 bits per heavy atom. The summed E-state index contributed by atoms with van der Waals surface area (Å²) in [5.74, 6) is 1.69. The van der Waals surface area contributed by atoms with Crippen LogP contribution in [0.4, 0.5) is 0 Å². The zero-order valence-electron chi connectivity index (χ0n) is 11.5. The molecule has 106 valence electrons. The van der Waals surface area contributed by atoms with Gasteiger partial charge in [0.15, 0.2) is 0 Å². The van der Waals surface area contributed by atoms with Gasteiger partial charge in [0.2, 0.25) is 0 Å². The maximum absolute atomic E-state index is 5.50. The van der Waals surface area contributed by atoms with Crippen LogP contribution in [0.5, 0.6) is 11.5 Å². The second-order valence-corrected chi connectivity index (χ2v) is 5.41. The highest BCUT2D eigenvalue weighted by atomic mass is 79.9. The molecule has 0 amide bonds. The SMILES string of the molecule is COc1ccc(CCN2CCNCC2)c(OC)c1Br. The summed E-state index contributed by atoms with van der Waals surface area (Å²) < 4.78 is 11.7. The average molecular weight is 329 g/mol. The molecule has 1 aliphatic rings. The smallest absolute Gasteiger partial charge is 0.140 e. The van der Waals surface area contributed by atoms with Gasteiger partial charge in [-0.15, -0.1) is 0 Å². The second-order valence-electron chi connectivity index (χ2n) is 4.62. The molecule has 0 radical (unpaired) electrons. The van der Waals surface area contributed by atoms with E-state index in [0.29, 0.717) is 0 Å². The van der Waals surface area contributed by atoms with Gasteiger partial charge in [0.25, 0.3) is 0 Å². The molecular weight excluding hydrogens is 308 g/mol. The van der Waals surface area contributed by atoms with E-state index in [-0.39, 0.29) is 0 Å². The van der Waals surface area contributed by atoms with Crippen molar-refractivity contribution in [3.63, 3.8) is 0 Å². The quantitative estimate of drug-likeness (QED) is 0.895. The third kappa shape index (κ3) is 3.61. The van der Waals surface area contributed by atoms with E-state index in [1.807, 2.05) is 6.07 Å². The number of nitrogens with one attached hydrogen (secondary N) is 1. The number of halogens is 1. The van der Waals surface area contributed by atoms with E-state index < -0.39 is 0 Å². The van der Waals surface area contributed by atoms with E-state index in [1.54, 1.807) is 14.2 Å². The molecule has 0 bridgehead atoms. The Kier molecular flexibility index (Phi) is 5.48. The molecule has 1 fully saturated rings. The van der Waals surface area contributed by atoms with Crippen molar-refractivity contribution in [2.75, 3.05) is 46.9 Å². The fraction of sp³-hybridized carbons (Fsp3) is 0.571. The van der Waals surface area contributed by atoms with Crippen LogP contribution in [-0.4, -0.2) is 51.8 Å². The number of hydrogen-bond donors (Lipinski definition) is 1. The predicted molar refractivity (Wildman–Crippen MR) is 80.3 cm³/mol. The van der Waals surface area contributed by atoms with Gasteiger partial charge in [0.05, 0.1) is 14.2 Å². The Morgan fingerprint density at radius 2 is 1.95 bits per heavy atom. The summed E-state index contributed by atoms with van der Waals surface area (Å²) in [7, 11) is 3.37. The summed E-state index contributed by atoms with van der Waals surface area (Å²) in [4.78, 5) is 2.48. The number of nitrogens with zero attached hydrogens (tertiary/aromatic N) is 1. The Labute approximate surface area is 123 Å². The van der Waals surface area contributed by atoms with Crippen LogP contribution < -0.4 is 14.8 Å². The molecule has 1 aliphatic heterocycles. The van der Waals surface area contributed by atoms with E-state index in [0.717, 1.165) is 55.1 Å². The van der Waals surface area contributed by atoms with E-state index in [1.165, 1.54) is 5.56 Å². The van der Waals surface area contributed by atoms with Gasteiger partial charge in [-0.25, -0.2) is 0 Å². The van der Waals surface area contributed by atoms with Crippen molar-refractivity contribution in [2.45, 2.75) is 6.42 Å². The van der Waals surface area contributed by atoms with E-state index in [9.17, 15) is 0 Å². The van der Waals surface area contributed by atoms with Crippen molar-refractivity contribution < 1.29 is 9.47 Å². The second kappa shape index (κ2) is 7.12. The van der Waals surface area contributed by atoms with Gasteiger partial charge >= 0.3 is 0 Å². The molecule has 1 N–H and O–H groups in total. The van der Waals surface area contributed by atoms with Crippen molar-refractivity contribution in [2.24, 2.45) is 0 Å². The summed E-state index contributed by atoms with van der Waals surface area (Å²) in [5, 5.41) is 3.37. The van der Waals surface area contributed by atoms with Crippen molar-refractivity contribution in [3.05, 3.63) is 22.2 Å². The number of ether oxygens (including phenoxy) is 2. The lowest BCUT2D eigenvalue weighted by atomic mass is 10.1. The Hall–Kier alpha value is -0.780. The first kappa shape index (κ1) is 14.6. The first-order valence-corrected chi connectivity index (χ1v) is 7.38. The normalized spacial score (nSPS) is 16.4. The third-order valence-electron chi connectivity index (χ3n) is 3.47. The molecule has 1 saturated heterocycles. The summed E-state index contributed by atoms with van der Waals surface area (Å²) in [5.41, 5.74) is 1.22. The number of benzene rings is 1. The highest BCUT2D eigenvalue weighted by Gasteiger charge is 2.14. The van der Waals surface area contributed by atoms with Crippen LogP contribution in [-0.2, 0) is 6.42 Å². The summed E-state index contributed by atoms with van der Waals surface area (Å²) >= 11 is 3.54. The average Bonchev–Trinajstić information content (AvgIpc) is 2.46. The van der Waals surface area contributed by atoms with Gasteiger partial charge in [-0.1, -0.05) is 6.07 Å². The van der Waals surface area contributed by atoms with Crippen molar-refractivity contribution in [1.82, 2.24) is 10.2 Å². The summed E-state index contributed by atoms with van der Waals surface area (Å²) in [6.07, 6.45) is 0.992. The molecule has 1 aromatic rings. The molecule has 4 nitrogen and oxygen atoms in total. The minimum Gasteiger partial charge on any atom is -0.495 e. The molecule has 1 heterocycles. The fourth-order valence-corrected chi connectivity index (χ4v) is 3.08. The first-order valence-electron chi connectivity index (χ1n) is 6.58. The van der Waals surface area contributed by atoms with Crippen LogP contribution >= 0.6 is 15.9 Å². The van der Waals surface area contributed by atoms with Crippen LogP contribution in [0.15, 0.2) is 16.6 Å². The third-order valence-corrected chi connectivity index (χ3v) is 4.23. The predicted octanol–water partition coefficient (Wildman–Crippen LogP) is 1.91. The molecule has 0 aromatic heterocycles. The van der Waals surface area contributed by atoms with Crippen LogP contribution in [0, 0.1) is 0 Å². The Bertz CT molecular complexity index is 420. The molecule has 0 unspecified atom stereocenters. The Morgan fingerprint density at radius 3 is 2.58 bits per heavy atom. The standard InChI is InChI=1S/C14H21BrN2O2/c1-18-12-4-3-11(14(19-2)13(12)15)5-8-17-9-6-16-7-10-17/h3-4,16H,5-10H2,1-2H3.